The van der Waals surface area contributed by atoms with Crippen LogP contribution in [-0.4, -0.2) is 7.11 Å². The summed E-state index contributed by atoms with van der Waals surface area (Å²) in [6.07, 6.45) is 0. The monoisotopic (exact) mass is 251 g/mol. The minimum Gasteiger partial charge on any atom is -0.494 e. The third-order valence-corrected chi connectivity index (χ3v) is 3.70. The van der Waals surface area contributed by atoms with Crippen LogP contribution in [0, 0.1) is 12.7 Å². The summed E-state index contributed by atoms with van der Waals surface area (Å²) < 4.78 is 19.0. The van der Waals surface area contributed by atoms with Gasteiger partial charge in [-0.15, -0.1) is 11.3 Å². The van der Waals surface area contributed by atoms with Crippen LogP contribution in [0.15, 0.2) is 30.3 Å². The van der Waals surface area contributed by atoms with Gasteiger partial charge in [0, 0.05) is 15.3 Å². The SMILES string of the molecule is COc1cccc(C(N)c2ccc(C)s2)c1F. The first kappa shape index (κ1) is 12.1. The third kappa shape index (κ3) is 2.33. The molecule has 90 valence electrons. The predicted octanol–water partition coefficient (Wildman–Crippen LogP) is 3.25. The van der Waals surface area contributed by atoms with E-state index in [-0.39, 0.29) is 11.6 Å². The Morgan fingerprint density at radius 2 is 2.06 bits per heavy atom. The van der Waals surface area contributed by atoms with Gasteiger partial charge in [0.15, 0.2) is 11.6 Å². The van der Waals surface area contributed by atoms with E-state index < -0.39 is 6.04 Å². The smallest absolute Gasteiger partial charge is 0.170 e. The van der Waals surface area contributed by atoms with E-state index in [0.29, 0.717) is 5.56 Å². The maximum absolute atomic E-state index is 14.0. The molecule has 0 spiro atoms. The lowest BCUT2D eigenvalue weighted by Gasteiger charge is -2.13. The van der Waals surface area contributed by atoms with E-state index in [1.807, 2.05) is 19.1 Å². The molecule has 2 nitrogen and oxygen atoms in total. The number of hydrogen-bond donors (Lipinski definition) is 1. The highest BCUT2D eigenvalue weighted by Crippen LogP contribution is 2.30. The van der Waals surface area contributed by atoms with Crippen molar-refractivity contribution in [3.05, 3.63) is 51.5 Å². The first-order chi connectivity index (χ1) is 8.13. The molecular formula is C13H14FNOS. The fourth-order valence-electron chi connectivity index (χ4n) is 1.70. The van der Waals surface area contributed by atoms with Crippen molar-refractivity contribution in [3.8, 4) is 5.75 Å². The lowest BCUT2D eigenvalue weighted by Crippen LogP contribution is -2.12. The first-order valence-electron chi connectivity index (χ1n) is 5.27. The summed E-state index contributed by atoms with van der Waals surface area (Å²) in [5, 5.41) is 0. The highest BCUT2D eigenvalue weighted by molar-refractivity contribution is 7.12. The zero-order valence-electron chi connectivity index (χ0n) is 9.74. The molecule has 1 aromatic carbocycles. The number of ether oxygens (including phenoxy) is 1. The van der Waals surface area contributed by atoms with Crippen LogP contribution in [0.4, 0.5) is 4.39 Å². The van der Waals surface area contributed by atoms with Gasteiger partial charge in [-0.05, 0) is 25.1 Å². The molecule has 0 saturated heterocycles. The maximum atomic E-state index is 14.0. The van der Waals surface area contributed by atoms with E-state index in [1.54, 1.807) is 29.5 Å². The Bertz CT molecular complexity index is 524. The molecular weight excluding hydrogens is 237 g/mol. The molecule has 0 aliphatic rings. The Labute approximate surface area is 104 Å². The van der Waals surface area contributed by atoms with Crippen LogP contribution in [-0.2, 0) is 0 Å². The second-order valence-electron chi connectivity index (χ2n) is 3.79. The van der Waals surface area contributed by atoms with Crippen LogP contribution >= 0.6 is 11.3 Å². The van der Waals surface area contributed by atoms with Gasteiger partial charge < -0.3 is 10.5 Å². The molecule has 2 aromatic rings. The number of thiophene rings is 1. The molecule has 0 aliphatic carbocycles. The summed E-state index contributed by atoms with van der Waals surface area (Å²) in [5.74, 6) is -0.153. The number of benzene rings is 1. The Kier molecular flexibility index (Phi) is 3.45. The molecule has 0 radical (unpaired) electrons. The van der Waals surface area contributed by atoms with Crippen molar-refractivity contribution in [1.29, 1.82) is 0 Å². The quantitative estimate of drug-likeness (QED) is 0.908. The molecule has 1 aromatic heterocycles. The van der Waals surface area contributed by atoms with Gasteiger partial charge >= 0.3 is 0 Å². The highest BCUT2D eigenvalue weighted by Gasteiger charge is 2.17. The van der Waals surface area contributed by atoms with Gasteiger partial charge in [-0.2, -0.15) is 0 Å². The Balaban J connectivity index is 2.40. The molecule has 4 heteroatoms. The molecule has 0 saturated carbocycles. The van der Waals surface area contributed by atoms with Gasteiger partial charge in [0.05, 0.1) is 13.2 Å². The summed E-state index contributed by atoms with van der Waals surface area (Å²) in [4.78, 5) is 2.12. The van der Waals surface area contributed by atoms with Gasteiger partial charge in [0.25, 0.3) is 0 Å². The first-order valence-corrected chi connectivity index (χ1v) is 6.09. The van der Waals surface area contributed by atoms with E-state index in [4.69, 9.17) is 10.5 Å². The average molecular weight is 251 g/mol. The lowest BCUT2D eigenvalue weighted by molar-refractivity contribution is 0.383. The highest BCUT2D eigenvalue weighted by atomic mass is 32.1. The lowest BCUT2D eigenvalue weighted by atomic mass is 10.1. The van der Waals surface area contributed by atoms with Crippen LogP contribution in [0.5, 0.6) is 5.75 Å². The Hall–Kier alpha value is -1.39. The van der Waals surface area contributed by atoms with E-state index in [2.05, 4.69) is 0 Å². The van der Waals surface area contributed by atoms with Crippen molar-refractivity contribution in [1.82, 2.24) is 0 Å². The van der Waals surface area contributed by atoms with Gasteiger partial charge in [-0.1, -0.05) is 12.1 Å². The fraction of sp³-hybridized carbons (Fsp3) is 0.231. The number of nitrogens with two attached hydrogens (primary N) is 1. The molecule has 1 unspecified atom stereocenters. The molecule has 0 aliphatic heterocycles. The average Bonchev–Trinajstić information content (AvgIpc) is 2.75. The predicted molar refractivity (Wildman–Crippen MR) is 68.0 cm³/mol. The summed E-state index contributed by atoms with van der Waals surface area (Å²) in [6, 6.07) is 8.51. The van der Waals surface area contributed by atoms with Crippen LogP contribution in [0.3, 0.4) is 0 Å². The number of rotatable bonds is 3. The van der Waals surface area contributed by atoms with Gasteiger partial charge in [-0.3, -0.25) is 0 Å². The van der Waals surface area contributed by atoms with Crippen molar-refractivity contribution < 1.29 is 9.13 Å². The Morgan fingerprint density at radius 3 is 2.65 bits per heavy atom. The largest absolute Gasteiger partial charge is 0.494 e. The van der Waals surface area contributed by atoms with Gasteiger partial charge in [0.2, 0.25) is 0 Å². The van der Waals surface area contributed by atoms with E-state index in [1.165, 1.54) is 12.0 Å². The zero-order valence-corrected chi connectivity index (χ0v) is 10.6. The molecule has 0 fully saturated rings. The second kappa shape index (κ2) is 4.85. The number of halogens is 1. The number of methoxy groups -OCH3 is 1. The van der Waals surface area contributed by atoms with Crippen molar-refractivity contribution in [3.63, 3.8) is 0 Å². The van der Waals surface area contributed by atoms with E-state index in [9.17, 15) is 4.39 Å². The topological polar surface area (TPSA) is 35.2 Å². The molecule has 1 atom stereocenters. The second-order valence-corrected chi connectivity index (χ2v) is 5.11. The normalized spacial score (nSPS) is 12.5. The standard InChI is InChI=1S/C13H14FNOS/c1-8-6-7-11(17-8)13(15)9-4-3-5-10(16-2)12(9)14/h3-7,13H,15H2,1-2H3. The van der Waals surface area contributed by atoms with Gasteiger partial charge in [0.1, 0.15) is 0 Å². The summed E-state index contributed by atoms with van der Waals surface area (Å²) in [7, 11) is 1.45. The third-order valence-electron chi connectivity index (χ3n) is 2.62. The van der Waals surface area contributed by atoms with Crippen LogP contribution in [0.1, 0.15) is 21.4 Å². The van der Waals surface area contributed by atoms with Crippen molar-refractivity contribution in [2.75, 3.05) is 7.11 Å². The molecule has 2 N–H and O–H groups in total. The van der Waals surface area contributed by atoms with Crippen molar-refractivity contribution in [2.24, 2.45) is 5.73 Å². The number of aryl methyl sites for hydroxylation is 1. The number of hydrogen-bond acceptors (Lipinski definition) is 3. The molecule has 0 bridgehead atoms. The minimum atomic E-state index is -0.441. The molecule has 0 amide bonds. The molecule has 2 rings (SSSR count). The van der Waals surface area contributed by atoms with Crippen molar-refractivity contribution in [2.45, 2.75) is 13.0 Å². The Morgan fingerprint density at radius 1 is 1.29 bits per heavy atom. The maximum Gasteiger partial charge on any atom is 0.170 e. The van der Waals surface area contributed by atoms with Gasteiger partial charge in [-0.25, -0.2) is 4.39 Å². The van der Waals surface area contributed by atoms with Crippen LogP contribution in [0.2, 0.25) is 0 Å². The van der Waals surface area contributed by atoms with E-state index in [0.717, 1.165) is 4.88 Å². The van der Waals surface area contributed by atoms with E-state index >= 15 is 0 Å². The minimum absolute atomic E-state index is 0.228. The van der Waals surface area contributed by atoms with Crippen LogP contribution < -0.4 is 10.5 Å². The van der Waals surface area contributed by atoms with Crippen LogP contribution in [0.25, 0.3) is 0 Å². The molecule has 1 heterocycles. The van der Waals surface area contributed by atoms with Crippen molar-refractivity contribution >= 4 is 11.3 Å². The summed E-state index contributed by atoms with van der Waals surface area (Å²) in [5.41, 5.74) is 6.53. The summed E-state index contributed by atoms with van der Waals surface area (Å²) in [6.45, 7) is 2.00. The fourth-order valence-corrected chi connectivity index (χ4v) is 2.60. The molecule has 17 heavy (non-hydrogen) atoms. The summed E-state index contributed by atoms with van der Waals surface area (Å²) >= 11 is 1.58. The zero-order chi connectivity index (χ0) is 12.4.